The maximum absolute atomic E-state index is 12.0. The summed E-state index contributed by atoms with van der Waals surface area (Å²) in [5, 5.41) is 3.12. The van der Waals surface area contributed by atoms with Crippen molar-refractivity contribution in [2.75, 3.05) is 0 Å². The molecule has 3 heteroatoms. The van der Waals surface area contributed by atoms with Crippen molar-refractivity contribution in [1.29, 1.82) is 0 Å². The number of hydrogen-bond donors (Lipinski definition) is 2. The van der Waals surface area contributed by atoms with Gasteiger partial charge < -0.3 is 11.1 Å². The van der Waals surface area contributed by atoms with E-state index in [1.807, 2.05) is 6.92 Å². The third-order valence-electron chi connectivity index (χ3n) is 4.00. The number of nitrogens with two attached hydrogens (primary N) is 1. The van der Waals surface area contributed by atoms with Gasteiger partial charge in [0.1, 0.15) is 0 Å². The summed E-state index contributed by atoms with van der Waals surface area (Å²) in [6.07, 6.45) is 4.19. The third-order valence-corrected chi connectivity index (χ3v) is 4.00. The molecule has 0 aliphatic heterocycles. The molecule has 0 aromatic heterocycles. The molecular formula is C13H26N2O. The van der Waals surface area contributed by atoms with E-state index in [2.05, 4.69) is 19.2 Å². The van der Waals surface area contributed by atoms with E-state index in [0.29, 0.717) is 18.4 Å². The summed E-state index contributed by atoms with van der Waals surface area (Å²) in [6.45, 7) is 8.26. The molecule has 4 unspecified atom stereocenters. The van der Waals surface area contributed by atoms with E-state index in [9.17, 15) is 4.79 Å². The van der Waals surface area contributed by atoms with Crippen LogP contribution in [0.3, 0.4) is 0 Å². The first-order chi connectivity index (χ1) is 7.36. The lowest BCUT2D eigenvalue weighted by atomic mass is 9.79. The number of carbonyl (C=O) groups is 1. The first-order valence-electron chi connectivity index (χ1n) is 6.46. The lowest BCUT2D eigenvalue weighted by molar-refractivity contribution is -0.127. The Hall–Kier alpha value is -0.570. The van der Waals surface area contributed by atoms with Gasteiger partial charge in [0.05, 0.1) is 5.54 Å². The maximum atomic E-state index is 12.0. The molecule has 94 valence electrons. The van der Waals surface area contributed by atoms with Crippen molar-refractivity contribution in [2.24, 2.45) is 17.6 Å². The normalized spacial score (nSPS) is 34.2. The number of hydrogen-bond acceptors (Lipinski definition) is 2. The van der Waals surface area contributed by atoms with Crippen LogP contribution in [0.15, 0.2) is 0 Å². The minimum atomic E-state index is -0.719. The monoisotopic (exact) mass is 226 g/mol. The van der Waals surface area contributed by atoms with Crippen LogP contribution in [0.1, 0.15) is 53.4 Å². The fourth-order valence-electron chi connectivity index (χ4n) is 2.37. The van der Waals surface area contributed by atoms with Gasteiger partial charge in [-0.3, -0.25) is 4.79 Å². The molecule has 1 amide bonds. The van der Waals surface area contributed by atoms with Crippen molar-refractivity contribution in [3.05, 3.63) is 0 Å². The van der Waals surface area contributed by atoms with Gasteiger partial charge in [0.2, 0.25) is 5.91 Å². The van der Waals surface area contributed by atoms with Crippen molar-refractivity contribution in [2.45, 2.75) is 65.0 Å². The van der Waals surface area contributed by atoms with Gasteiger partial charge in [0, 0.05) is 6.04 Å². The summed E-state index contributed by atoms with van der Waals surface area (Å²) < 4.78 is 0. The standard InChI is InChI=1S/C13H26N2O/c1-5-13(4,14)12(16)15-11-7-6-9(2)8-10(11)3/h9-11H,5-8,14H2,1-4H3,(H,15,16). The topological polar surface area (TPSA) is 55.1 Å². The quantitative estimate of drug-likeness (QED) is 0.774. The van der Waals surface area contributed by atoms with Gasteiger partial charge >= 0.3 is 0 Å². The van der Waals surface area contributed by atoms with Crippen LogP contribution < -0.4 is 11.1 Å². The van der Waals surface area contributed by atoms with Crippen molar-refractivity contribution >= 4 is 5.91 Å². The second kappa shape index (κ2) is 5.17. The second-order valence-corrected chi connectivity index (χ2v) is 5.75. The molecule has 0 saturated heterocycles. The first-order valence-corrected chi connectivity index (χ1v) is 6.46. The molecule has 0 bridgehead atoms. The molecule has 0 spiro atoms. The van der Waals surface area contributed by atoms with E-state index in [-0.39, 0.29) is 5.91 Å². The zero-order valence-electron chi connectivity index (χ0n) is 11.0. The van der Waals surface area contributed by atoms with Crippen LogP contribution in [0.5, 0.6) is 0 Å². The average molecular weight is 226 g/mol. The van der Waals surface area contributed by atoms with Crippen LogP contribution in [0.2, 0.25) is 0 Å². The lowest BCUT2D eigenvalue weighted by Crippen LogP contribution is -2.55. The highest BCUT2D eigenvalue weighted by Gasteiger charge is 2.31. The van der Waals surface area contributed by atoms with E-state index >= 15 is 0 Å². The Kier molecular flexibility index (Phi) is 4.36. The van der Waals surface area contributed by atoms with E-state index in [4.69, 9.17) is 5.73 Å². The zero-order valence-corrected chi connectivity index (χ0v) is 11.0. The lowest BCUT2D eigenvalue weighted by Gasteiger charge is -2.35. The second-order valence-electron chi connectivity index (χ2n) is 5.75. The summed E-state index contributed by atoms with van der Waals surface area (Å²) in [5.41, 5.74) is 5.22. The Morgan fingerprint density at radius 1 is 1.44 bits per heavy atom. The Labute approximate surface area is 99.2 Å². The molecule has 0 aromatic rings. The largest absolute Gasteiger partial charge is 0.352 e. The van der Waals surface area contributed by atoms with E-state index in [1.165, 1.54) is 12.8 Å². The van der Waals surface area contributed by atoms with Gasteiger partial charge in [-0.2, -0.15) is 0 Å². The van der Waals surface area contributed by atoms with Crippen LogP contribution in [0.4, 0.5) is 0 Å². The maximum Gasteiger partial charge on any atom is 0.240 e. The smallest absolute Gasteiger partial charge is 0.240 e. The first kappa shape index (κ1) is 13.5. The number of rotatable bonds is 3. The Balaban J connectivity index is 2.51. The van der Waals surface area contributed by atoms with Crippen LogP contribution in [0, 0.1) is 11.8 Å². The minimum absolute atomic E-state index is 0.00130. The average Bonchev–Trinajstić information content (AvgIpc) is 2.22. The summed E-state index contributed by atoms with van der Waals surface area (Å²) in [5.74, 6) is 1.36. The van der Waals surface area contributed by atoms with Crippen molar-refractivity contribution in [3.63, 3.8) is 0 Å². The van der Waals surface area contributed by atoms with Gasteiger partial charge in [-0.05, 0) is 44.4 Å². The van der Waals surface area contributed by atoms with Crippen LogP contribution in [-0.4, -0.2) is 17.5 Å². The highest BCUT2D eigenvalue weighted by Crippen LogP contribution is 2.28. The van der Waals surface area contributed by atoms with Crippen molar-refractivity contribution in [3.8, 4) is 0 Å². The molecule has 1 aliphatic rings. The van der Waals surface area contributed by atoms with Crippen molar-refractivity contribution < 1.29 is 4.79 Å². The van der Waals surface area contributed by atoms with Gasteiger partial charge in [-0.1, -0.05) is 20.8 Å². The molecule has 0 heterocycles. The summed E-state index contributed by atoms with van der Waals surface area (Å²) >= 11 is 0. The number of amides is 1. The highest BCUT2D eigenvalue weighted by atomic mass is 16.2. The molecule has 0 radical (unpaired) electrons. The fraction of sp³-hybridized carbons (Fsp3) is 0.923. The van der Waals surface area contributed by atoms with Gasteiger partial charge in [-0.15, -0.1) is 0 Å². The Bertz CT molecular complexity index is 250. The Morgan fingerprint density at radius 2 is 2.06 bits per heavy atom. The molecular weight excluding hydrogens is 200 g/mol. The predicted molar refractivity (Wildman–Crippen MR) is 67.0 cm³/mol. The highest BCUT2D eigenvalue weighted by molar-refractivity contribution is 5.85. The number of carbonyl (C=O) groups excluding carboxylic acids is 1. The SMILES string of the molecule is CCC(C)(N)C(=O)NC1CCC(C)CC1C. The van der Waals surface area contributed by atoms with Crippen LogP contribution in [0.25, 0.3) is 0 Å². The number of nitrogens with one attached hydrogen (secondary N) is 1. The molecule has 16 heavy (non-hydrogen) atoms. The summed E-state index contributed by atoms with van der Waals surface area (Å²) in [6, 6.07) is 0.318. The molecule has 1 saturated carbocycles. The third kappa shape index (κ3) is 3.21. The summed E-state index contributed by atoms with van der Waals surface area (Å²) in [4.78, 5) is 12.0. The van der Waals surface area contributed by atoms with E-state index < -0.39 is 5.54 Å². The van der Waals surface area contributed by atoms with Gasteiger partial charge in [0.15, 0.2) is 0 Å². The van der Waals surface area contributed by atoms with Crippen molar-refractivity contribution in [1.82, 2.24) is 5.32 Å². The molecule has 4 atom stereocenters. The minimum Gasteiger partial charge on any atom is -0.352 e. The fourth-order valence-corrected chi connectivity index (χ4v) is 2.37. The molecule has 3 N–H and O–H groups in total. The van der Waals surface area contributed by atoms with E-state index in [1.54, 1.807) is 6.92 Å². The molecule has 0 aromatic carbocycles. The van der Waals surface area contributed by atoms with Crippen LogP contribution >= 0.6 is 0 Å². The molecule has 1 aliphatic carbocycles. The zero-order chi connectivity index (χ0) is 12.3. The molecule has 1 rings (SSSR count). The summed E-state index contributed by atoms with van der Waals surface area (Å²) in [7, 11) is 0. The van der Waals surface area contributed by atoms with E-state index in [0.717, 1.165) is 12.3 Å². The molecule has 1 fully saturated rings. The Morgan fingerprint density at radius 3 is 2.56 bits per heavy atom. The van der Waals surface area contributed by atoms with Gasteiger partial charge in [0.25, 0.3) is 0 Å². The molecule has 3 nitrogen and oxygen atoms in total. The predicted octanol–water partition coefficient (Wildman–Crippen LogP) is 2.05. The van der Waals surface area contributed by atoms with Crippen LogP contribution in [-0.2, 0) is 4.79 Å². The van der Waals surface area contributed by atoms with Gasteiger partial charge in [-0.25, -0.2) is 0 Å².